The first-order valence-electron chi connectivity index (χ1n) is 5.65. The van der Waals surface area contributed by atoms with Crippen molar-refractivity contribution in [3.05, 3.63) is 34.9 Å². The predicted octanol–water partition coefficient (Wildman–Crippen LogP) is 3.70. The van der Waals surface area contributed by atoms with Crippen LogP contribution in [0.15, 0.2) is 24.3 Å². The minimum Gasteiger partial charge on any atom is -0.481 e. The largest absolute Gasteiger partial charge is 0.481 e. The van der Waals surface area contributed by atoms with Crippen molar-refractivity contribution in [2.24, 2.45) is 5.92 Å². The van der Waals surface area contributed by atoms with Crippen LogP contribution in [0.4, 0.5) is 0 Å². The molecule has 0 amide bonds. The number of hydrogen-bond acceptors (Lipinski definition) is 1. The maximum absolute atomic E-state index is 10.8. The minimum absolute atomic E-state index is 0.154. The van der Waals surface area contributed by atoms with E-state index in [0.717, 1.165) is 30.7 Å². The van der Waals surface area contributed by atoms with Crippen LogP contribution in [-0.4, -0.2) is 11.1 Å². The molecule has 1 fully saturated rings. The van der Waals surface area contributed by atoms with E-state index in [1.807, 2.05) is 24.3 Å². The van der Waals surface area contributed by atoms with E-state index in [-0.39, 0.29) is 5.92 Å². The predicted molar refractivity (Wildman–Crippen MR) is 63.8 cm³/mol. The Bertz CT molecular complexity index is 381. The molecule has 1 aromatic carbocycles. The van der Waals surface area contributed by atoms with Gasteiger partial charge >= 0.3 is 5.97 Å². The molecule has 86 valence electrons. The highest BCUT2D eigenvalue weighted by atomic mass is 35.5. The first kappa shape index (κ1) is 11.5. The number of carboxylic acid groups (broad SMARTS) is 1. The van der Waals surface area contributed by atoms with Gasteiger partial charge in [0.15, 0.2) is 0 Å². The molecule has 0 aromatic heterocycles. The normalized spacial score (nSPS) is 25.3. The first-order valence-corrected chi connectivity index (χ1v) is 6.03. The van der Waals surface area contributed by atoms with E-state index in [9.17, 15) is 4.79 Å². The second kappa shape index (κ2) is 4.88. The van der Waals surface area contributed by atoms with Crippen molar-refractivity contribution in [1.29, 1.82) is 0 Å². The van der Waals surface area contributed by atoms with Crippen molar-refractivity contribution in [2.75, 3.05) is 0 Å². The Labute approximate surface area is 100 Å². The van der Waals surface area contributed by atoms with Crippen molar-refractivity contribution in [3.63, 3.8) is 0 Å². The molecule has 2 rings (SSSR count). The second-order valence-electron chi connectivity index (χ2n) is 4.41. The molecule has 0 aliphatic heterocycles. The number of rotatable bonds is 2. The lowest BCUT2D eigenvalue weighted by atomic mass is 9.79. The van der Waals surface area contributed by atoms with E-state index in [0.29, 0.717) is 5.92 Å². The van der Waals surface area contributed by atoms with Gasteiger partial charge in [-0.05, 0) is 43.2 Å². The molecular formula is C13H15ClO2. The molecule has 1 saturated carbocycles. The van der Waals surface area contributed by atoms with Crippen LogP contribution in [0, 0.1) is 5.92 Å². The first-order chi connectivity index (χ1) is 7.68. The molecule has 3 heteroatoms. The maximum Gasteiger partial charge on any atom is 0.306 e. The Balaban J connectivity index is 2.05. The molecule has 0 unspecified atom stereocenters. The van der Waals surface area contributed by atoms with E-state index in [4.69, 9.17) is 16.7 Å². The van der Waals surface area contributed by atoms with Crippen LogP contribution in [-0.2, 0) is 4.79 Å². The van der Waals surface area contributed by atoms with Crippen molar-refractivity contribution in [2.45, 2.75) is 31.6 Å². The zero-order valence-electron chi connectivity index (χ0n) is 9.03. The SMILES string of the molecule is O=C(O)C1CCC(c2ccccc2Cl)CC1. The highest BCUT2D eigenvalue weighted by molar-refractivity contribution is 6.31. The molecule has 1 aromatic rings. The van der Waals surface area contributed by atoms with Gasteiger partial charge in [-0.2, -0.15) is 0 Å². The summed E-state index contributed by atoms with van der Waals surface area (Å²) in [4.78, 5) is 10.8. The maximum atomic E-state index is 10.8. The van der Waals surface area contributed by atoms with Crippen LogP contribution in [0.2, 0.25) is 5.02 Å². The third kappa shape index (κ3) is 2.38. The Morgan fingerprint density at radius 2 is 1.81 bits per heavy atom. The van der Waals surface area contributed by atoms with E-state index < -0.39 is 5.97 Å². The summed E-state index contributed by atoms with van der Waals surface area (Å²) in [5, 5.41) is 9.73. The van der Waals surface area contributed by atoms with Crippen molar-refractivity contribution >= 4 is 17.6 Å². The fourth-order valence-electron chi connectivity index (χ4n) is 2.46. The average molecular weight is 239 g/mol. The van der Waals surface area contributed by atoms with Crippen LogP contribution >= 0.6 is 11.6 Å². The number of aliphatic carboxylic acids is 1. The smallest absolute Gasteiger partial charge is 0.306 e. The molecule has 1 aliphatic carbocycles. The van der Waals surface area contributed by atoms with E-state index in [1.165, 1.54) is 5.56 Å². The Hall–Kier alpha value is -1.02. The molecule has 0 heterocycles. The quantitative estimate of drug-likeness (QED) is 0.853. The average Bonchev–Trinajstić information content (AvgIpc) is 2.30. The van der Waals surface area contributed by atoms with E-state index in [1.54, 1.807) is 0 Å². The van der Waals surface area contributed by atoms with Gasteiger partial charge < -0.3 is 5.11 Å². The summed E-state index contributed by atoms with van der Waals surface area (Å²) in [6.45, 7) is 0. The zero-order valence-corrected chi connectivity index (χ0v) is 9.78. The molecule has 16 heavy (non-hydrogen) atoms. The van der Waals surface area contributed by atoms with Crippen molar-refractivity contribution < 1.29 is 9.90 Å². The van der Waals surface area contributed by atoms with Gasteiger partial charge in [-0.3, -0.25) is 4.79 Å². The molecule has 1 aliphatic rings. The molecule has 1 N–H and O–H groups in total. The lowest BCUT2D eigenvalue weighted by Gasteiger charge is -2.26. The van der Waals surface area contributed by atoms with Crippen LogP contribution in [0.5, 0.6) is 0 Å². The highest BCUT2D eigenvalue weighted by Gasteiger charge is 2.27. The van der Waals surface area contributed by atoms with Gasteiger partial charge in [-0.1, -0.05) is 29.8 Å². The number of halogens is 1. The fraction of sp³-hybridized carbons (Fsp3) is 0.462. The van der Waals surface area contributed by atoms with Gasteiger partial charge in [0, 0.05) is 5.02 Å². The molecule has 0 atom stereocenters. The Morgan fingerprint density at radius 3 is 2.38 bits per heavy atom. The van der Waals surface area contributed by atoms with Crippen molar-refractivity contribution in [1.82, 2.24) is 0 Å². The highest BCUT2D eigenvalue weighted by Crippen LogP contribution is 2.38. The van der Waals surface area contributed by atoms with Gasteiger partial charge in [0.05, 0.1) is 5.92 Å². The molecule has 0 bridgehead atoms. The van der Waals surface area contributed by atoms with Gasteiger partial charge in [0.25, 0.3) is 0 Å². The van der Waals surface area contributed by atoms with Crippen LogP contribution < -0.4 is 0 Å². The summed E-state index contributed by atoms with van der Waals surface area (Å²) in [7, 11) is 0. The van der Waals surface area contributed by atoms with Crippen molar-refractivity contribution in [3.8, 4) is 0 Å². The monoisotopic (exact) mass is 238 g/mol. The lowest BCUT2D eigenvalue weighted by Crippen LogP contribution is -2.20. The zero-order chi connectivity index (χ0) is 11.5. The lowest BCUT2D eigenvalue weighted by molar-refractivity contribution is -0.142. The van der Waals surface area contributed by atoms with Crippen LogP contribution in [0.3, 0.4) is 0 Å². The van der Waals surface area contributed by atoms with Gasteiger partial charge in [0.1, 0.15) is 0 Å². The Morgan fingerprint density at radius 1 is 1.19 bits per heavy atom. The summed E-state index contributed by atoms with van der Waals surface area (Å²) >= 11 is 6.14. The number of carboxylic acids is 1. The summed E-state index contributed by atoms with van der Waals surface area (Å²) in [6, 6.07) is 7.87. The minimum atomic E-state index is -0.655. The third-order valence-electron chi connectivity index (χ3n) is 3.42. The second-order valence-corrected chi connectivity index (χ2v) is 4.82. The van der Waals surface area contributed by atoms with Gasteiger partial charge in [-0.25, -0.2) is 0 Å². The summed E-state index contributed by atoms with van der Waals surface area (Å²) < 4.78 is 0. The molecule has 0 spiro atoms. The summed E-state index contributed by atoms with van der Waals surface area (Å²) in [6.07, 6.45) is 3.40. The van der Waals surface area contributed by atoms with E-state index >= 15 is 0 Å². The molecule has 0 saturated heterocycles. The van der Waals surface area contributed by atoms with Gasteiger partial charge in [-0.15, -0.1) is 0 Å². The fourth-order valence-corrected chi connectivity index (χ4v) is 2.75. The summed E-state index contributed by atoms with van der Waals surface area (Å²) in [5.41, 5.74) is 1.17. The topological polar surface area (TPSA) is 37.3 Å². The molecular weight excluding hydrogens is 224 g/mol. The standard InChI is InChI=1S/C13H15ClO2/c14-12-4-2-1-3-11(12)9-5-7-10(8-6-9)13(15)16/h1-4,9-10H,5-8H2,(H,15,16). The third-order valence-corrected chi connectivity index (χ3v) is 3.77. The number of carbonyl (C=O) groups is 1. The van der Waals surface area contributed by atoms with Gasteiger partial charge in [0.2, 0.25) is 0 Å². The Kier molecular flexibility index (Phi) is 3.49. The number of benzene rings is 1. The van der Waals surface area contributed by atoms with Crippen LogP contribution in [0.1, 0.15) is 37.2 Å². The number of hydrogen-bond donors (Lipinski definition) is 1. The summed E-state index contributed by atoms with van der Waals surface area (Å²) in [5.74, 6) is -0.374. The van der Waals surface area contributed by atoms with E-state index in [2.05, 4.69) is 0 Å². The molecule has 0 radical (unpaired) electrons. The molecule has 2 nitrogen and oxygen atoms in total. The van der Waals surface area contributed by atoms with Crippen LogP contribution in [0.25, 0.3) is 0 Å².